The molecule has 0 amide bonds. The first kappa shape index (κ1) is 16.3. The Morgan fingerprint density at radius 3 is 2.04 bits per heavy atom. The maximum absolute atomic E-state index is 5.83. The quantitative estimate of drug-likeness (QED) is 0.609. The summed E-state index contributed by atoms with van der Waals surface area (Å²) < 4.78 is 13.1. The van der Waals surface area contributed by atoms with E-state index in [0.29, 0.717) is 18.2 Å². The molecular weight excluding hydrogens is 326 g/mol. The fraction of sp³-hybridized carbons (Fsp3) is 0.222. The lowest BCUT2D eigenvalue weighted by atomic mass is 10.2. The fourth-order valence-corrected chi connectivity index (χ4v) is 2.35. The molecule has 0 atom stereocenters. The normalized spacial score (nSPS) is 10.6. The Bertz CT molecular complexity index is 770. The molecule has 2 aromatic carbocycles. The van der Waals surface area contributed by atoms with Crippen molar-refractivity contribution in [3.63, 3.8) is 0 Å². The second kappa shape index (κ2) is 7.84. The van der Waals surface area contributed by atoms with E-state index in [2.05, 4.69) is 10.1 Å². The van der Waals surface area contributed by atoms with Gasteiger partial charge in [0.1, 0.15) is 17.8 Å². The number of aryl methyl sites for hydroxylation is 1. The lowest BCUT2D eigenvalue weighted by molar-refractivity contribution is 0.247. The maximum Gasteiger partial charge on any atom is 0.157 e. The molecule has 1 heterocycles. The van der Waals surface area contributed by atoms with Gasteiger partial charge in [-0.2, -0.15) is 5.10 Å². The van der Waals surface area contributed by atoms with E-state index < -0.39 is 0 Å². The molecular formula is C18H18ClN3O2. The Morgan fingerprint density at radius 1 is 0.917 bits per heavy atom. The summed E-state index contributed by atoms with van der Waals surface area (Å²) in [5, 5.41) is 4.77. The van der Waals surface area contributed by atoms with E-state index >= 15 is 0 Å². The first-order chi connectivity index (χ1) is 11.7. The smallest absolute Gasteiger partial charge is 0.157 e. The second-order valence-electron chi connectivity index (χ2n) is 5.24. The molecule has 1 aromatic heterocycles. The molecule has 0 unspecified atom stereocenters. The van der Waals surface area contributed by atoms with Crippen LogP contribution in [0.1, 0.15) is 6.42 Å². The maximum atomic E-state index is 5.83. The first-order valence-corrected chi connectivity index (χ1v) is 8.06. The van der Waals surface area contributed by atoms with E-state index in [1.807, 2.05) is 55.6 Å². The van der Waals surface area contributed by atoms with Crippen LogP contribution < -0.4 is 9.47 Å². The third kappa shape index (κ3) is 4.26. The van der Waals surface area contributed by atoms with Gasteiger partial charge in [-0.3, -0.25) is 0 Å². The van der Waals surface area contributed by atoms with Gasteiger partial charge in [-0.25, -0.2) is 9.67 Å². The van der Waals surface area contributed by atoms with Gasteiger partial charge in [-0.15, -0.1) is 0 Å². The summed E-state index contributed by atoms with van der Waals surface area (Å²) in [7, 11) is 1.87. The van der Waals surface area contributed by atoms with Crippen molar-refractivity contribution in [3.05, 3.63) is 59.9 Å². The number of aromatic nitrogens is 3. The fourth-order valence-electron chi connectivity index (χ4n) is 2.23. The zero-order valence-electron chi connectivity index (χ0n) is 13.4. The van der Waals surface area contributed by atoms with E-state index in [9.17, 15) is 0 Å². The zero-order valence-corrected chi connectivity index (χ0v) is 14.1. The summed E-state index contributed by atoms with van der Waals surface area (Å²) >= 11 is 5.83. The lowest BCUT2D eigenvalue weighted by Crippen LogP contribution is -2.05. The average Bonchev–Trinajstić information content (AvgIpc) is 3.03. The highest BCUT2D eigenvalue weighted by molar-refractivity contribution is 6.30. The second-order valence-corrected chi connectivity index (χ2v) is 5.67. The van der Waals surface area contributed by atoms with E-state index in [4.69, 9.17) is 21.1 Å². The van der Waals surface area contributed by atoms with Crippen LogP contribution in [0.3, 0.4) is 0 Å². The molecule has 0 aliphatic heterocycles. The highest BCUT2D eigenvalue weighted by Gasteiger charge is 2.04. The average molecular weight is 344 g/mol. The topological polar surface area (TPSA) is 49.2 Å². The first-order valence-electron chi connectivity index (χ1n) is 7.68. The number of benzene rings is 2. The number of halogens is 1. The molecule has 0 spiro atoms. The van der Waals surface area contributed by atoms with E-state index in [-0.39, 0.29) is 0 Å². The van der Waals surface area contributed by atoms with Crippen molar-refractivity contribution >= 4 is 11.6 Å². The minimum atomic E-state index is 0.594. The van der Waals surface area contributed by atoms with Crippen molar-refractivity contribution < 1.29 is 9.47 Å². The Balaban J connectivity index is 1.42. The molecule has 124 valence electrons. The molecule has 0 saturated heterocycles. The summed E-state index contributed by atoms with van der Waals surface area (Å²) in [6.07, 6.45) is 2.34. The van der Waals surface area contributed by atoms with Crippen LogP contribution in [0.4, 0.5) is 0 Å². The minimum Gasteiger partial charge on any atom is -0.493 e. The third-order valence-electron chi connectivity index (χ3n) is 3.46. The molecule has 0 fully saturated rings. The monoisotopic (exact) mass is 343 g/mol. The predicted molar refractivity (Wildman–Crippen MR) is 93.5 cm³/mol. The zero-order chi connectivity index (χ0) is 16.8. The van der Waals surface area contributed by atoms with Crippen LogP contribution in [0.5, 0.6) is 11.5 Å². The van der Waals surface area contributed by atoms with Gasteiger partial charge < -0.3 is 9.47 Å². The standard InChI is InChI=1S/C18H18ClN3O2/c1-22-18(20-13-21-22)14-3-7-16(8-4-14)23-11-2-12-24-17-9-5-15(19)6-10-17/h3-10,13H,2,11-12H2,1H3. The molecule has 0 aliphatic carbocycles. The van der Waals surface area contributed by atoms with E-state index in [0.717, 1.165) is 29.3 Å². The molecule has 0 bridgehead atoms. The summed E-state index contributed by atoms with van der Waals surface area (Å²) in [5.41, 5.74) is 1.01. The van der Waals surface area contributed by atoms with E-state index in [1.54, 1.807) is 11.0 Å². The van der Waals surface area contributed by atoms with Crippen LogP contribution in [0.15, 0.2) is 54.9 Å². The summed E-state index contributed by atoms with van der Waals surface area (Å²) in [4.78, 5) is 4.22. The Kier molecular flexibility index (Phi) is 5.33. The Morgan fingerprint density at radius 2 is 1.50 bits per heavy atom. The van der Waals surface area contributed by atoms with Crippen LogP contribution in [0, 0.1) is 0 Å². The van der Waals surface area contributed by atoms with Crippen molar-refractivity contribution in [3.8, 4) is 22.9 Å². The van der Waals surface area contributed by atoms with Gasteiger partial charge in [0, 0.05) is 24.1 Å². The molecule has 5 nitrogen and oxygen atoms in total. The largest absolute Gasteiger partial charge is 0.493 e. The highest BCUT2D eigenvalue weighted by atomic mass is 35.5. The molecule has 3 aromatic rings. The minimum absolute atomic E-state index is 0.594. The molecule has 0 aliphatic rings. The Hall–Kier alpha value is -2.53. The van der Waals surface area contributed by atoms with Crippen molar-refractivity contribution in [1.29, 1.82) is 0 Å². The summed E-state index contributed by atoms with van der Waals surface area (Å²) in [5.74, 6) is 2.47. The number of hydrogen-bond acceptors (Lipinski definition) is 4. The van der Waals surface area contributed by atoms with Crippen LogP contribution in [-0.2, 0) is 7.05 Å². The third-order valence-corrected chi connectivity index (χ3v) is 3.72. The van der Waals surface area contributed by atoms with Crippen molar-refractivity contribution in [2.75, 3.05) is 13.2 Å². The molecule has 0 radical (unpaired) electrons. The number of rotatable bonds is 7. The van der Waals surface area contributed by atoms with Gasteiger partial charge in [0.15, 0.2) is 5.82 Å². The number of hydrogen-bond donors (Lipinski definition) is 0. The van der Waals surface area contributed by atoms with Gasteiger partial charge in [-0.05, 0) is 48.5 Å². The molecule has 0 N–H and O–H groups in total. The summed E-state index contributed by atoms with van der Waals surface area (Å²) in [6, 6.07) is 15.2. The summed E-state index contributed by atoms with van der Waals surface area (Å²) in [6.45, 7) is 1.19. The van der Waals surface area contributed by atoms with Gasteiger partial charge in [0.25, 0.3) is 0 Å². The van der Waals surface area contributed by atoms with Crippen molar-refractivity contribution in [2.24, 2.45) is 7.05 Å². The van der Waals surface area contributed by atoms with E-state index in [1.165, 1.54) is 0 Å². The van der Waals surface area contributed by atoms with Crippen LogP contribution in [-0.4, -0.2) is 28.0 Å². The van der Waals surface area contributed by atoms with Crippen LogP contribution in [0.25, 0.3) is 11.4 Å². The van der Waals surface area contributed by atoms with Crippen molar-refractivity contribution in [1.82, 2.24) is 14.8 Å². The van der Waals surface area contributed by atoms with Gasteiger partial charge >= 0.3 is 0 Å². The molecule has 3 rings (SSSR count). The highest BCUT2D eigenvalue weighted by Crippen LogP contribution is 2.20. The molecule has 0 saturated carbocycles. The predicted octanol–water partition coefficient (Wildman–Crippen LogP) is 3.98. The molecule has 6 heteroatoms. The van der Waals surface area contributed by atoms with Crippen molar-refractivity contribution in [2.45, 2.75) is 6.42 Å². The van der Waals surface area contributed by atoms with Crippen LogP contribution >= 0.6 is 11.6 Å². The lowest BCUT2D eigenvalue weighted by Gasteiger charge is -2.08. The van der Waals surface area contributed by atoms with Gasteiger partial charge in [0.2, 0.25) is 0 Å². The van der Waals surface area contributed by atoms with Gasteiger partial charge in [-0.1, -0.05) is 11.6 Å². The SMILES string of the molecule is Cn1ncnc1-c1ccc(OCCCOc2ccc(Cl)cc2)cc1. The number of ether oxygens (including phenoxy) is 2. The molecule has 24 heavy (non-hydrogen) atoms. The van der Waals surface area contributed by atoms with Gasteiger partial charge in [0.05, 0.1) is 13.2 Å². The Labute approximate surface area is 145 Å². The van der Waals surface area contributed by atoms with Crippen LogP contribution in [0.2, 0.25) is 5.02 Å². The number of nitrogens with zero attached hydrogens (tertiary/aromatic N) is 3.